The molecule has 4 aromatic rings. The van der Waals surface area contributed by atoms with Crippen molar-refractivity contribution in [2.45, 2.75) is 0 Å². The molecule has 5 nitrogen and oxygen atoms in total. The van der Waals surface area contributed by atoms with Crippen LogP contribution in [0.25, 0.3) is 33.4 Å². The molecule has 0 atom stereocenters. The molecule has 0 radical (unpaired) electrons. The number of nitrogens with two attached hydrogens (primary N) is 1. The fourth-order valence-corrected chi connectivity index (χ4v) is 3.18. The minimum absolute atomic E-state index is 0.0947. The smallest absolute Gasteiger partial charge is 0.336 e. The number of halogens is 1. The molecule has 0 aliphatic carbocycles. The van der Waals surface area contributed by atoms with Crippen molar-refractivity contribution in [1.82, 2.24) is 4.98 Å². The summed E-state index contributed by atoms with van der Waals surface area (Å²) in [6, 6.07) is 19.6. The normalized spacial score (nSPS) is 10.7. The van der Waals surface area contributed by atoms with Crippen molar-refractivity contribution < 1.29 is 4.42 Å². The highest BCUT2D eigenvalue weighted by Gasteiger charge is 2.17. The van der Waals surface area contributed by atoms with Gasteiger partial charge in [0.15, 0.2) is 0 Å². The van der Waals surface area contributed by atoms with Crippen LogP contribution in [0, 0.1) is 11.3 Å². The summed E-state index contributed by atoms with van der Waals surface area (Å²) in [5, 5.41) is 10.7. The highest BCUT2D eigenvalue weighted by atomic mass is 35.5. The Hall–Kier alpha value is -3.62. The van der Waals surface area contributed by atoms with Crippen LogP contribution >= 0.6 is 11.6 Å². The number of nitriles is 1. The molecule has 0 amide bonds. The Morgan fingerprint density at radius 3 is 2.56 bits per heavy atom. The second kappa shape index (κ2) is 6.60. The summed E-state index contributed by atoms with van der Waals surface area (Å²) in [6.07, 6.45) is 0. The van der Waals surface area contributed by atoms with Gasteiger partial charge in [0.2, 0.25) is 0 Å². The summed E-state index contributed by atoms with van der Waals surface area (Å²) < 4.78 is 5.25. The van der Waals surface area contributed by atoms with Crippen LogP contribution in [0.15, 0.2) is 69.9 Å². The maximum absolute atomic E-state index is 12.1. The van der Waals surface area contributed by atoms with E-state index in [1.807, 2.05) is 30.3 Å². The largest absolute Gasteiger partial charge is 0.423 e. The van der Waals surface area contributed by atoms with Gasteiger partial charge in [0.1, 0.15) is 23.0 Å². The molecule has 0 aliphatic rings. The molecule has 2 aromatic carbocycles. The molecule has 0 aliphatic heterocycles. The Morgan fingerprint density at radius 2 is 1.81 bits per heavy atom. The third kappa shape index (κ3) is 3.03. The molecular weight excluding hydrogens is 362 g/mol. The molecule has 0 saturated carbocycles. The lowest BCUT2D eigenvalue weighted by atomic mass is 9.96. The maximum atomic E-state index is 12.1. The standard InChI is InChI=1S/C21H12ClN3O2/c22-13-6-7-19-16(8-13)15(10-20(26)27-19)14-9-18(12-4-2-1-3-5-12)25-21(24)17(14)11-23/h1-10H,(H2,24,25). The van der Waals surface area contributed by atoms with Gasteiger partial charge in [-0.1, -0.05) is 41.9 Å². The molecular formula is C21H12ClN3O2. The Kier molecular flexibility index (Phi) is 4.11. The zero-order valence-corrected chi connectivity index (χ0v) is 14.7. The summed E-state index contributed by atoms with van der Waals surface area (Å²) in [6.45, 7) is 0. The van der Waals surface area contributed by atoms with Crippen LogP contribution in [-0.4, -0.2) is 4.98 Å². The summed E-state index contributed by atoms with van der Waals surface area (Å²) >= 11 is 6.13. The minimum atomic E-state index is -0.527. The Labute approximate surface area is 159 Å². The molecule has 27 heavy (non-hydrogen) atoms. The molecule has 0 saturated heterocycles. The molecule has 0 bridgehead atoms. The number of pyridine rings is 1. The summed E-state index contributed by atoms with van der Waals surface area (Å²) in [4.78, 5) is 16.4. The maximum Gasteiger partial charge on any atom is 0.336 e. The number of hydrogen-bond donors (Lipinski definition) is 1. The van der Waals surface area contributed by atoms with Crippen molar-refractivity contribution in [2.75, 3.05) is 5.73 Å². The summed E-state index contributed by atoms with van der Waals surface area (Å²) in [7, 11) is 0. The lowest BCUT2D eigenvalue weighted by Gasteiger charge is -2.12. The van der Waals surface area contributed by atoms with Crippen molar-refractivity contribution in [3.8, 4) is 28.5 Å². The Balaban J connectivity index is 2.09. The van der Waals surface area contributed by atoms with Crippen molar-refractivity contribution in [3.05, 3.63) is 81.7 Å². The SMILES string of the molecule is N#Cc1c(-c2cc(=O)oc3ccc(Cl)cc23)cc(-c2ccccc2)nc1N. The first kappa shape index (κ1) is 16.8. The topological polar surface area (TPSA) is 92.9 Å². The molecule has 4 rings (SSSR count). The van der Waals surface area contributed by atoms with E-state index in [1.165, 1.54) is 6.07 Å². The van der Waals surface area contributed by atoms with E-state index in [9.17, 15) is 10.1 Å². The highest BCUT2D eigenvalue weighted by Crippen LogP contribution is 2.35. The van der Waals surface area contributed by atoms with E-state index in [0.29, 0.717) is 32.8 Å². The fourth-order valence-electron chi connectivity index (χ4n) is 3.01. The second-order valence-electron chi connectivity index (χ2n) is 5.91. The molecule has 6 heteroatoms. The Bertz CT molecular complexity index is 1270. The van der Waals surface area contributed by atoms with E-state index < -0.39 is 5.63 Å². The fraction of sp³-hybridized carbons (Fsp3) is 0. The predicted octanol–water partition coefficient (Wildman–Crippen LogP) is 4.63. The third-order valence-corrected chi connectivity index (χ3v) is 4.46. The summed E-state index contributed by atoms with van der Waals surface area (Å²) in [5.41, 5.74) is 8.58. The van der Waals surface area contributed by atoms with Crippen molar-refractivity contribution in [3.63, 3.8) is 0 Å². The molecule has 2 heterocycles. The van der Waals surface area contributed by atoms with Crippen LogP contribution in [0.5, 0.6) is 0 Å². The van der Waals surface area contributed by atoms with Crippen LogP contribution < -0.4 is 11.4 Å². The van der Waals surface area contributed by atoms with Crippen LogP contribution in [0.2, 0.25) is 5.02 Å². The molecule has 0 fully saturated rings. The van der Waals surface area contributed by atoms with Crippen LogP contribution in [0.1, 0.15) is 5.56 Å². The minimum Gasteiger partial charge on any atom is -0.423 e. The zero-order chi connectivity index (χ0) is 19.0. The Morgan fingerprint density at radius 1 is 1.04 bits per heavy atom. The second-order valence-corrected chi connectivity index (χ2v) is 6.35. The molecule has 130 valence electrons. The highest BCUT2D eigenvalue weighted by molar-refractivity contribution is 6.31. The van der Waals surface area contributed by atoms with Crippen molar-refractivity contribution in [2.24, 2.45) is 0 Å². The van der Waals surface area contributed by atoms with E-state index in [2.05, 4.69) is 11.1 Å². The van der Waals surface area contributed by atoms with Gasteiger partial charge in [0.25, 0.3) is 0 Å². The average molecular weight is 374 g/mol. The number of hydrogen-bond acceptors (Lipinski definition) is 5. The molecule has 2 N–H and O–H groups in total. The lowest BCUT2D eigenvalue weighted by Crippen LogP contribution is -2.03. The first-order valence-corrected chi connectivity index (χ1v) is 8.44. The van der Waals surface area contributed by atoms with Gasteiger partial charge in [-0.05, 0) is 24.3 Å². The number of anilines is 1. The van der Waals surface area contributed by atoms with Gasteiger partial charge in [-0.15, -0.1) is 0 Å². The van der Waals surface area contributed by atoms with Gasteiger partial charge in [-0.25, -0.2) is 9.78 Å². The van der Waals surface area contributed by atoms with E-state index in [-0.39, 0.29) is 11.4 Å². The number of nitrogen functional groups attached to an aromatic ring is 1. The van der Waals surface area contributed by atoms with Crippen LogP contribution in [0.4, 0.5) is 5.82 Å². The van der Waals surface area contributed by atoms with Crippen LogP contribution in [0.3, 0.4) is 0 Å². The van der Waals surface area contributed by atoms with Crippen LogP contribution in [-0.2, 0) is 0 Å². The third-order valence-electron chi connectivity index (χ3n) is 4.22. The van der Waals surface area contributed by atoms with Crippen molar-refractivity contribution >= 4 is 28.4 Å². The number of nitrogens with zero attached hydrogens (tertiary/aromatic N) is 2. The molecule has 2 aromatic heterocycles. The van der Waals surface area contributed by atoms with Gasteiger partial charge >= 0.3 is 5.63 Å². The molecule has 0 unspecified atom stereocenters. The quantitative estimate of drug-likeness (QED) is 0.517. The zero-order valence-electron chi connectivity index (χ0n) is 13.9. The first-order valence-electron chi connectivity index (χ1n) is 8.06. The van der Waals surface area contributed by atoms with E-state index in [4.69, 9.17) is 21.8 Å². The van der Waals surface area contributed by atoms with Gasteiger partial charge in [0.05, 0.1) is 5.69 Å². The molecule has 0 spiro atoms. The monoisotopic (exact) mass is 373 g/mol. The average Bonchev–Trinajstić information content (AvgIpc) is 2.68. The van der Waals surface area contributed by atoms with Crippen molar-refractivity contribution in [1.29, 1.82) is 5.26 Å². The van der Waals surface area contributed by atoms with E-state index >= 15 is 0 Å². The van der Waals surface area contributed by atoms with Gasteiger partial charge < -0.3 is 10.2 Å². The number of fused-ring (bicyclic) bond motifs is 1. The van der Waals surface area contributed by atoms with E-state index in [1.54, 1.807) is 24.3 Å². The predicted molar refractivity (Wildman–Crippen MR) is 105 cm³/mol. The van der Waals surface area contributed by atoms with E-state index in [0.717, 1.165) is 5.56 Å². The number of aromatic nitrogens is 1. The number of rotatable bonds is 2. The van der Waals surface area contributed by atoms with Gasteiger partial charge in [-0.2, -0.15) is 5.26 Å². The lowest BCUT2D eigenvalue weighted by molar-refractivity contribution is 0.561. The van der Waals surface area contributed by atoms with Gasteiger partial charge in [-0.3, -0.25) is 0 Å². The summed E-state index contributed by atoms with van der Waals surface area (Å²) in [5.74, 6) is 0.0947. The first-order chi connectivity index (χ1) is 13.1. The van der Waals surface area contributed by atoms with Gasteiger partial charge in [0, 0.05) is 33.2 Å². The number of benzene rings is 2.